The van der Waals surface area contributed by atoms with E-state index in [1.165, 1.54) is 24.5 Å². The van der Waals surface area contributed by atoms with Crippen LogP contribution in [0.1, 0.15) is 17.3 Å². The first-order valence-corrected chi connectivity index (χ1v) is 8.92. The van der Waals surface area contributed by atoms with Crippen LogP contribution in [0.25, 0.3) is 16.2 Å². The van der Waals surface area contributed by atoms with Crippen LogP contribution in [-0.4, -0.2) is 31.4 Å². The number of pyridine rings is 1. The van der Waals surface area contributed by atoms with Gasteiger partial charge >= 0.3 is 0 Å². The molecule has 2 amide bonds. The van der Waals surface area contributed by atoms with Gasteiger partial charge < -0.3 is 5.32 Å². The summed E-state index contributed by atoms with van der Waals surface area (Å²) in [6.45, 7) is 1.47. The Morgan fingerprint density at radius 2 is 1.93 bits per heavy atom. The molecule has 8 nitrogen and oxygen atoms in total. The van der Waals surface area contributed by atoms with E-state index in [0.29, 0.717) is 10.5 Å². The van der Waals surface area contributed by atoms with Crippen molar-refractivity contribution in [1.29, 1.82) is 0 Å². The molecule has 0 bridgehead atoms. The van der Waals surface area contributed by atoms with Crippen molar-refractivity contribution in [3.05, 3.63) is 59.7 Å². The summed E-state index contributed by atoms with van der Waals surface area (Å²) >= 11 is 1.42. The fourth-order valence-corrected chi connectivity index (χ4v) is 3.36. The van der Waals surface area contributed by atoms with Crippen molar-refractivity contribution >= 4 is 39.7 Å². The summed E-state index contributed by atoms with van der Waals surface area (Å²) in [6.07, 6.45) is 3.08. The Hall–Kier alpha value is -3.59. The summed E-state index contributed by atoms with van der Waals surface area (Å²) in [7, 11) is 0. The Morgan fingerprint density at radius 1 is 1.11 bits per heavy atom. The van der Waals surface area contributed by atoms with E-state index in [1.807, 2.05) is 29.6 Å². The number of fused-ring (bicyclic) bond motifs is 1. The van der Waals surface area contributed by atoms with E-state index in [9.17, 15) is 9.59 Å². The molecule has 0 fully saturated rings. The number of carbonyl (C=O) groups excluding carboxylic acids is 2. The summed E-state index contributed by atoms with van der Waals surface area (Å²) < 4.78 is 1.68. The molecule has 0 spiro atoms. The number of benzene rings is 1. The number of nitrogens with one attached hydrogen (secondary N) is 2. The minimum atomic E-state index is -0.317. The highest BCUT2D eigenvalue weighted by Gasteiger charge is 2.14. The van der Waals surface area contributed by atoms with Crippen molar-refractivity contribution in [1.82, 2.24) is 19.6 Å². The van der Waals surface area contributed by atoms with Crippen LogP contribution in [0.15, 0.2) is 54.2 Å². The first-order chi connectivity index (χ1) is 13.1. The summed E-state index contributed by atoms with van der Waals surface area (Å²) in [4.78, 5) is 32.3. The molecule has 4 rings (SSSR count). The second-order valence-electron chi connectivity index (χ2n) is 5.71. The number of hydrogen-bond donors (Lipinski definition) is 2. The van der Waals surface area contributed by atoms with E-state index < -0.39 is 0 Å². The molecule has 4 aromatic rings. The highest BCUT2D eigenvalue weighted by molar-refractivity contribution is 7.15. The third-order valence-corrected chi connectivity index (χ3v) is 4.55. The Labute approximate surface area is 157 Å². The number of thiazole rings is 1. The van der Waals surface area contributed by atoms with E-state index in [4.69, 9.17) is 0 Å². The lowest BCUT2D eigenvalue weighted by Crippen LogP contribution is -2.13. The molecule has 0 aliphatic rings. The number of aromatic nitrogens is 4. The Bertz CT molecular complexity index is 1120. The summed E-state index contributed by atoms with van der Waals surface area (Å²) in [5.41, 5.74) is 2.93. The molecule has 0 aliphatic heterocycles. The highest BCUT2D eigenvalue weighted by Crippen LogP contribution is 2.27. The topological polar surface area (TPSA) is 101 Å². The molecule has 0 atom stereocenters. The minimum absolute atomic E-state index is 0.119. The molecule has 0 saturated heterocycles. The predicted octanol–water partition coefficient (Wildman–Crippen LogP) is 3.06. The number of hydrogen-bond acceptors (Lipinski definition) is 6. The number of anilines is 2. The molecule has 2 N–H and O–H groups in total. The van der Waals surface area contributed by atoms with Crippen LogP contribution >= 0.6 is 11.3 Å². The minimum Gasteiger partial charge on any atom is -0.326 e. The third-order valence-electron chi connectivity index (χ3n) is 3.73. The van der Waals surface area contributed by atoms with Gasteiger partial charge in [0.15, 0.2) is 0 Å². The highest BCUT2D eigenvalue weighted by atomic mass is 32.1. The van der Waals surface area contributed by atoms with Crippen molar-refractivity contribution in [2.45, 2.75) is 6.92 Å². The van der Waals surface area contributed by atoms with E-state index in [1.54, 1.807) is 22.8 Å². The Balaban J connectivity index is 1.59. The molecule has 0 radical (unpaired) electrons. The fraction of sp³-hybridized carbons (Fsp3) is 0.0556. The second-order valence-corrected chi connectivity index (χ2v) is 6.54. The van der Waals surface area contributed by atoms with Gasteiger partial charge in [0.25, 0.3) is 11.9 Å². The van der Waals surface area contributed by atoms with E-state index in [2.05, 4.69) is 25.7 Å². The lowest BCUT2D eigenvalue weighted by molar-refractivity contribution is -0.114. The number of nitrogens with zero attached hydrogens (tertiary/aromatic N) is 4. The van der Waals surface area contributed by atoms with Crippen molar-refractivity contribution in [2.75, 3.05) is 10.6 Å². The van der Waals surface area contributed by atoms with E-state index in [-0.39, 0.29) is 17.8 Å². The number of rotatable bonds is 4. The third kappa shape index (κ3) is 3.53. The molecule has 9 heteroatoms. The molecule has 0 aliphatic carbocycles. The molecule has 3 aromatic heterocycles. The van der Waals surface area contributed by atoms with E-state index >= 15 is 0 Å². The molecule has 3 heterocycles. The monoisotopic (exact) mass is 378 g/mol. The van der Waals surface area contributed by atoms with Gasteiger partial charge in [0, 0.05) is 35.9 Å². The predicted molar refractivity (Wildman–Crippen MR) is 103 cm³/mol. The maximum Gasteiger partial charge on any atom is 0.259 e. The quantitative estimate of drug-likeness (QED) is 0.568. The van der Waals surface area contributed by atoms with Crippen molar-refractivity contribution in [3.8, 4) is 11.3 Å². The van der Waals surface area contributed by atoms with Gasteiger partial charge in [-0.1, -0.05) is 12.1 Å². The molecule has 1 aromatic carbocycles. The Morgan fingerprint density at radius 3 is 2.63 bits per heavy atom. The van der Waals surface area contributed by atoms with Gasteiger partial charge in [-0.25, -0.2) is 4.52 Å². The normalized spacial score (nSPS) is 10.7. The zero-order chi connectivity index (χ0) is 18.8. The lowest BCUT2D eigenvalue weighted by atomic mass is 10.1. The molecule has 134 valence electrons. The molecular formula is C18H14N6O2S. The van der Waals surface area contributed by atoms with Crippen molar-refractivity contribution < 1.29 is 9.59 Å². The van der Waals surface area contributed by atoms with Gasteiger partial charge in [0.1, 0.15) is 0 Å². The average Bonchev–Trinajstić information content (AvgIpc) is 3.23. The van der Waals surface area contributed by atoms with E-state index in [0.717, 1.165) is 16.9 Å². The van der Waals surface area contributed by atoms with Gasteiger partial charge in [0.2, 0.25) is 10.9 Å². The van der Waals surface area contributed by atoms with Crippen LogP contribution in [0.2, 0.25) is 0 Å². The first-order valence-electron chi connectivity index (χ1n) is 8.04. The van der Waals surface area contributed by atoms with Crippen molar-refractivity contribution in [2.24, 2.45) is 0 Å². The Kier molecular flexibility index (Phi) is 4.35. The molecule has 0 unspecified atom stereocenters. The average molecular weight is 378 g/mol. The standard InChI is InChI=1S/C18H14N6O2S/c1-11(25)20-14-6-4-12(5-7-14)15-10-27-18-22-17(23-24(15)18)21-16(26)13-3-2-8-19-9-13/h2-10H,1H3,(H,20,25)(H,21,23,26). The largest absolute Gasteiger partial charge is 0.326 e. The summed E-state index contributed by atoms with van der Waals surface area (Å²) in [5.74, 6) is -0.208. The molecular weight excluding hydrogens is 364 g/mol. The van der Waals surface area contributed by atoms with Gasteiger partial charge in [0.05, 0.1) is 11.3 Å². The smallest absolute Gasteiger partial charge is 0.259 e. The van der Waals surface area contributed by atoms with Gasteiger partial charge in [-0.2, -0.15) is 4.98 Å². The van der Waals surface area contributed by atoms with Crippen LogP contribution in [0, 0.1) is 0 Å². The van der Waals surface area contributed by atoms with Crippen LogP contribution in [0.5, 0.6) is 0 Å². The van der Waals surface area contributed by atoms with Crippen LogP contribution in [0.3, 0.4) is 0 Å². The molecule has 27 heavy (non-hydrogen) atoms. The maximum atomic E-state index is 12.2. The summed E-state index contributed by atoms with van der Waals surface area (Å²) in [5, 5.41) is 11.7. The van der Waals surface area contributed by atoms with Gasteiger partial charge in [-0.05, 0) is 24.3 Å². The number of amides is 2. The van der Waals surface area contributed by atoms with Crippen molar-refractivity contribution in [3.63, 3.8) is 0 Å². The molecule has 0 saturated carbocycles. The van der Waals surface area contributed by atoms with Crippen LogP contribution in [0.4, 0.5) is 11.6 Å². The zero-order valence-corrected chi connectivity index (χ0v) is 15.0. The summed E-state index contributed by atoms with van der Waals surface area (Å²) in [6, 6.07) is 10.8. The zero-order valence-electron chi connectivity index (χ0n) is 14.2. The first kappa shape index (κ1) is 16.9. The van der Waals surface area contributed by atoms with Crippen LogP contribution < -0.4 is 10.6 Å². The van der Waals surface area contributed by atoms with Crippen LogP contribution in [-0.2, 0) is 4.79 Å². The fourth-order valence-electron chi connectivity index (χ4n) is 2.53. The van der Waals surface area contributed by atoms with Gasteiger partial charge in [-0.3, -0.25) is 19.9 Å². The second kappa shape index (κ2) is 6.96. The number of carbonyl (C=O) groups is 2. The SMILES string of the molecule is CC(=O)Nc1ccc(-c2csc3nc(NC(=O)c4cccnc4)nn23)cc1. The maximum absolute atomic E-state index is 12.2. The van der Waals surface area contributed by atoms with Gasteiger partial charge in [-0.15, -0.1) is 16.4 Å². The lowest BCUT2D eigenvalue weighted by Gasteiger charge is -2.03.